The van der Waals surface area contributed by atoms with Crippen LogP contribution < -0.4 is 5.56 Å². The number of aromatic nitrogens is 3. The number of hydrogen-bond donors (Lipinski definition) is 2. The van der Waals surface area contributed by atoms with Crippen molar-refractivity contribution in [2.24, 2.45) is 0 Å². The molecule has 0 saturated carbocycles. The molecule has 2 aromatic heterocycles. The first-order valence-corrected chi connectivity index (χ1v) is 5.55. The Balaban J connectivity index is 2.28. The summed E-state index contributed by atoms with van der Waals surface area (Å²) in [5.41, 5.74) is 0.754. The molecule has 0 aliphatic rings. The van der Waals surface area contributed by atoms with E-state index in [1.165, 1.54) is 10.7 Å². The highest BCUT2D eigenvalue weighted by atomic mass is 16.4. The van der Waals surface area contributed by atoms with Crippen molar-refractivity contribution in [3.8, 4) is 11.3 Å². The van der Waals surface area contributed by atoms with E-state index in [1.54, 1.807) is 6.20 Å². The Labute approximate surface area is 107 Å². The summed E-state index contributed by atoms with van der Waals surface area (Å²) in [7, 11) is 0. The number of benzene rings is 1. The maximum atomic E-state index is 12.0. The molecule has 0 unspecified atom stereocenters. The molecule has 0 saturated heterocycles. The molecule has 0 radical (unpaired) electrons. The van der Waals surface area contributed by atoms with Crippen LogP contribution in [-0.4, -0.2) is 25.4 Å². The number of aromatic carboxylic acids is 1. The predicted molar refractivity (Wildman–Crippen MR) is 68.2 cm³/mol. The van der Waals surface area contributed by atoms with Crippen LogP contribution in [0.1, 0.15) is 10.5 Å². The number of fused-ring (bicyclic) bond motifs is 1. The van der Waals surface area contributed by atoms with Crippen molar-refractivity contribution in [3.63, 3.8) is 0 Å². The van der Waals surface area contributed by atoms with Crippen LogP contribution in [0.4, 0.5) is 0 Å². The molecule has 6 nitrogen and oxygen atoms in total. The molecular formula is C13H9N3O3. The maximum Gasteiger partial charge on any atom is 0.356 e. The Morgan fingerprint density at radius 2 is 2.00 bits per heavy atom. The molecule has 0 amide bonds. The number of carboxylic acids is 1. The number of carboxylic acid groups (broad SMARTS) is 1. The molecular weight excluding hydrogens is 246 g/mol. The van der Waals surface area contributed by atoms with Crippen molar-refractivity contribution >= 4 is 11.5 Å². The van der Waals surface area contributed by atoms with E-state index in [-0.39, 0.29) is 11.2 Å². The summed E-state index contributed by atoms with van der Waals surface area (Å²) in [6.07, 6.45) is 2.96. The number of nitrogens with one attached hydrogen (secondary N) is 1. The minimum absolute atomic E-state index is 0.0344. The van der Waals surface area contributed by atoms with E-state index in [9.17, 15) is 9.59 Å². The van der Waals surface area contributed by atoms with Crippen LogP contribution in [0.25, 0.3) is 16.8 Å². The number of aromatic amines is 1. The van der Waals surface area contributed by atoms with E-state index in [0.29, 0.717) is 5.69 Å². The predicted octanol–water partition coefficient (Wildman–Crippen LogP) is 1.39. The second-order valence-electron chi connectivity index (χ2n) is 4.02. The summed E-state index contributed by atoms with van der Waals surface area (Å²) in [5.74, 6) is -1.22. The first-order chi connectivity index (χ1) is 9.16. The van der Waals surface area contributed by atoms with Crippen LogP contribution >= 0.6 is 0 Å². The van der Waals surface area contributed by atoms with Gasteiger partial charge in [-0.2, -0.15) is 0 Å². The quantitative estimate of drug-likeness (QED) is 0.724. The summed E-state index contributed by atoms with van der Waals surface area (Å²) in [5, 5.41) is 8.95. The van der Waals surface area contributed by atoms with Gasteiger partial charge >= 0.3 is 5.97 Å². The fourth-order valence-corrected chi connectivity index (χ4v) is 1.96. The fourth-order valence-electron chi connectivity index (χ4n) is 1.96. The Hall–Kier alpha value is -2.89. The van der Waals surface area contributed by atoms with Gasteiger partial charge in [0.25, 0.3) is 5.56 Å². The van der Waals surface area contributed by atoms with Gasteiger partial charge in [0.2, 0.25) is 0 Å². The summed E-state index contributed by atoms with van der Waals surface area (Å²) in [4.78, 5) is 29.3. The van der Waals surface area contributed by atoms with Gasteiger partial charge in [-0.1, -0.05) is 30.3 Å². The van der Waals surface area contributed by atoms with Gasteiger partial charge in [0.15, 0.2) is 5.69 Å². The van der Waals surface area contributed by atoms with Crippen molar-refractivity contribution in [2.45, 2.75) is 0 Å². The molecule has 6 heteroatoms. The van der Waals surface area contributed by atoms with E-state index >= 15 is 0 Å². The number of imidazole rings is 1. The second-order valence-corrected chi connectivity index (χ2v) is 4.02. The molecule has 3 rings (SSSR count). The topological polar surface area (TPSA) is 87.5 Å². The van der Waals surface area contributed by atoms with Crippen LogP contribution in [0.5, 0.6) is 0 Å². The molecule has 1 aromatic carbocycles. The normalized spacial score (nSPS) is 10.7. The molecule has 2 heterocycles. The molecule has 3 aromatic rings. The van der Waals surface area contributed by atoms with Crippen LogP contribution in [-0.2, 0) is 0 Å². The molecule has 0 aliphatic carbocycles. The van der Waals surface area contributed by atoms with Gasteiger partial charge in [-0.25, -0.2) is 9.78 Å². The fraction of sp³-hybridized carbons (Fsp3) is 0. The lowest BCUT2D eigenvalue weighted by atomic mass is 10.2. The van der Waals surface area contributed by atoms with Gasteiger partial charge in [0, 0.05) is 6.20 Å². The minimum Gasteiger partial charge on any atom is -0.476 e. The van der Waals surface area contributed by atoms with Gasteiger partial charge < -0.3 is 10.1 Å². The Bertz CT molecular complexity index is 818. The number of rotatable bonds is 2. The van der Waals surface area contributed by atoms with E-state index in [1.807, 2.05) is 30.3 Å². The average Bonchev–Trinajstić information content (AvgIpc) is 2.84. The molecule has 2 N–H and O–H groups in total. The third-order valence-electron chi connectivity index (χ3n) is 2.81. The average molecular weight is 255 g/mol. The lowest BCUT2D eigenvalue weighted by molar-refractivity contribution is 0.0693. The van der Waals surface area contributed by atoms with E-state index in [4.69, 9.17) is 5.11 Å². The van der Waals surface area contributed by atoms with E-state index < -0.39 is 11.5 Å². The third kappa shape index (κ3) is 1.79. The smallest absolute Gasteiger partial charge is 0.356 e. The Morgan fingerprint density at radius 3 is 2.68 bits per heavy atom. The number of hydrogen-bond acceptors (Lipinski definition) is 3. The summed E-state index contributed by atoms with van der Waals surface area (Å²) in [6.45, 7) is 0. The van der Waals surface area contributed by atoms with Gasteiger partial charge in [-0.15, -0.1) is 0 Å². The van der Waals surface area contributed by atoms with Gasteiger partial charge in [-0.3, -0.25) is 9.20 Å². The highest BCUT2D eigenvalue weighted by molar-refractivity contribution is 5.93. The van der Waals surface area contributed by atoms with E-state index in [2.05, 4.69) is 9.97 Å². The lowest BCUT2D eigenvalue weighted by Gasteiger charge is -2.02. The molecule has 0 bridgehead atoms. The standard InChI is InChI=1S/C13H9N3O3/c17-12-11-10(13(18)19)14-7-16(11)6-9(15-12)8-4-2-1-3-5-8/h1-7H,(H,15,17)(H,18,19). The molecule has 0 fully saturated rings. The van der Waals surface area contributed by atoms with Crippen molar-refractivity contribution in [2.75, 3.05) is 0 Å². The van der Waals surface area contributed by atoms with Crippen molar-refractivity contribution in [3.05, 3.63) is 58.9 Å². The lowest BCUT2D eigenvalue weighted by Crippen LogP contribution is -2.13. The van der Waals surface area contributed by atoms with E-state index in [0.717, 1.165) is 5.56 Å². The van der Waals surface area contributed by atoms with Gasteiger partial charge in [0.1, 0.15) is 11.8 Å². The Kier molecular flexibility index (Phi) is 2.42. The highest BCUT2D eigenvalue weighted by Crippen LogP contribution is 2.15. The molecule has 94 valence electrons. The monoisotopic (exact) mass is 255 g/mol. The highest BCUT2D eigenvalue weighted by Gasteiger charge is 2.15. The second kappa shape index (κ2) is 4.09. The number of nitrogens with zero attached hydrogens (tertiary/aromatic N) is 2. The van der Waals surface area contributed by atoms with Crippen molar-refractivity contribution in [1.82, 2.24) is 14.4 Å². The number of H-pyrrole nitrogens is 1. The first-order valence-electron chi connectivity index (χ1n) is 5.55. The zero-order chi connectivity index (χ0) is 13.4. The van der Waals surface area contributed by atoms with Crippen LogP contribution in [0.3, 0.4) is 0 Å². The maximum absolute atomic E-state index is 12.0. The third-order valence-corrected chi connectivity index (χ3v) is 2.81. The summed E-state index contributed by atoms with van der Waals surface area (Å²) < 4.78 is 1.42. The summed E-state index contributed by atoms with van der Waals surface area (Å²) in [6, 6.07) is 9.29. The van der Waals surface area contributed by atoms with Crippen LogP contribution in [0.2, 0.25) is 0 Å². The number of carbonyl (C=O) groups is 1. The van der Waals surface area contributed by atoms with Crippen LogP contribution in [0, 0.1) is 0 Å². The molecule has 0 spiro atoms. The molecule has 0 atom stereocenters. The minimum atomic E-state index is -1.22. The van der Waals surface area contributed by atoms with Crippen molar-refractivity contribution < 1.29 is 9.90 Å². The van der Waals surface area contributed by atoms with Crippen molar-refractivity contribution in [1.29, 1.82) is 0 Å². The first kappa shape index (κ1) is 11.2. The molecule has 0 aliphatic heterocycles. The summed E-state index contributed by atoms with van der Waals surface area (Å²) >= 11 is 0. The zero-order valence-corrected chi connectivity index (χ0v) is 9.70. The van der Waals surface area contributed by atoms with Gasteiger partial charge in [0.05, 0.1) is 5.69 Å². The largest absolute Gasteiger partial charge is 0.476 e. The van der Waals surface area contributed by atoms with Gasteiger partial charge in [-0.05, 0) is 5.56 Å². The Morgan fingerprint density at radius 1 is 1.26 bits per heavy atom. The zero-order valence-electron chi connectivity index (χ0n) is 9.70. The molecule has 19 heavy (non-hydrogen) atoms. The van der Waals surface area contributed by atoms with Crippen LogP contribution in [0.15, 0.2) is 47.7 Å². The SMILES string of the molecule is O=C(O)c1ncn2cc(-c3ccccc3)[nH]c(=O)c12.